The maximum atomic E-state index is 11.9. The lowest BCUT2D eigenvalue weighted by molar-refractivity contribution is -0.111. The van der Waals surface area contributed by atoms with Crippen LogP contribution in [0.15, 0.2) is 42.5 Å². The lowest BCUT2D eigenvalue weighted by atomic mass is 10.2. The van der Waals surface area contributed by atoms with Gasteiger partial charge >= 0.3 is 5.97 Å². The SMILES string of the molecule is O=C(/C=C/c1ccc(Cl)c(Cl)c1)Nc1cc(C(=O)O)ccc1Cl. The van der Waals surface area contributed by atoms with Gasteiger partial charge in [0.2, 0.25) is 5.91 Å². The van der Waals surface area contributed by atoms with E-state index in [1.54, 1.807) is 24.3 Å². The molecule has 0 saturated carbocycles. The van der Waals surface area contributed by atoms with E-state index in [0.717, 1.165) is 0 Å². The number of carboxylic acid groups (broad SMARTS) is 1. The molecule has 0 heterocycles. The number of aromatic carboxylic acids is 1. The van der Waals surface area contributed by atoms with Crippen LogP contribution in [0.25, 0.3) is 6.08 Å². The zero-order valence-electron chi connectivity index (χ0n) is 11.5. The minimum Gasteiger partial charge on any atom is -0.478 e. The van der Waals surface area contributed by atoms with Gasteiger partial charge in [0.1, 0.15) is 0 Å². The summed E-state index contributed by atoms with van der Waals surface area (Å²) < 4.78 is 0. The third kappa shape index (κ3) is 4.73. The first-order valence-electron chi connectivity index (χ1n) is 6.34. The Bertz CT molecular complexity index is 803. The van der Waals surface area contributed by atoms with E-state index in [1.165, 1.54) is 24.3 Å². The van der Waals surface area contributed by atoms with Crippen molar-refractivity contribution in [3.8, 4) is 0 Å². The molecule has 0 aromatic heterocycles. The summed E-state index contributed by atoms with van der Waals surface area (Å²) >= 11 is 17.6. The van der Waals surface area contributed by atoms with Gasteiger partial charge in [-0.05, 0) is 42.0 Å². The third-order valence-corrected chi connectivity index (χ3v) is 3.91. The van der Waals surface area contributed by atoms with Crippen LogP contribution in [0.4, 0.5) is 5.69 Å². The Morgan fingerprint density at radius 2 is 1.65 bits per heavy atom. The minimum absolute atomic E-state index is 0.0261. The fourth-order valence-corrected chi connectivity index (χ4v) is 2.19. The van der Waals surface area contributed by atoms with Crippen LogP contribution in [0.5, 0.6) is 0 Å². The van der Waals surface area contributed by atoms with Crippen LogP contribution in [0.1, 0.15) is 15.9 Å². The Hall–Kier alpha value is -2.01. The zero-order valence-corrected chi connectivity index (χ0v) is 13.8. The molecule has 0 spiro atoms. The van der Waals surface area contributed by atoms with Crippen molar-refractivity contribution in [1.82, 2.24) is 0 Å². The third-order valence-electron chi connectivity index (χ3n) is 2.84. The molecule has 0 saturated heterocycles. The highest BCUT2D eigenvalue weighted by Crippen LogP contribution is 2.24. The van der Waals surface area contributed by atoms with Gasteiger partial charge in [-0.25, -0.2) is 4.79 Å². The topological polar surface area (TPSA) is 66.4 Å². The molecule has 0 fully saturated rings. The van der Waals surface area contributed by atoms with Crippen LogP contribution in [0, 0.1) is 0 Å². The summed E-state index contributed by atoms with van der Waals surface area (Å²) in [7, 11) is 0. The maximum absolute atomic E-state index is 11.9. The maximum Gasteiger partial charge on any atom is 0.335 e. The summed E-state index contributed by atoms with van der Waals surface area (Å²) in [5, 5.41) is 12.5. The van der Waals surface area contributed by atoms with Gasteiger partial charge in [0.25, 0.3) is 0 Å². The highest BCUT2D eigenvalue weighted by atomic mass is 35.5. The summed E-state index contributed by atoms with van der Waals surface area (Å²) in [4.78, 5) is 22.8. The monoisotopic (exact) mass is 369 g/mol. The van der Waals surface area contributed by atoms with Gasteiger partial charge in [0.15, 0.2) is 0 Å². The first kappa shape index (κ1) is 17.3. The van der Waals surface area contributed by atoms with Crippen LogP contribution >= 0.6 is 34.8 Å². The van der Waals surface area contributed by atoms with E-state index in [4.69, 9.17) is 39.9 Å². The zero-order chi connectivity index (χ0) is 17.0. The van der Waals surface area contributed by atoms with Gasteiger partial charge in [0.05, 0.1) is 26.3 Å². The second kappa shape index (κ2) is 7.51. The lowest BCUT2D eigenvalue weighted by Crippen LogP contribution is -2.09. The van der Waals surface area contributed by atoms with Gasteiger partial charge in [-0.3, -0.25) is 4.79 Å². The van der Waals surface area contributed by atoms with Crippen molar-refractivity contribution in [1.29, 1.82) is 0 Å². The summed E-state index contributed by atoms with van der Waals surface area (Å²) in [6.45, 7) is 0. The molecule has 0 unspecified atom stereocenters. The Morgan fingerprint density at radius 3 is 2.30 bits per heavy atom. The number of carbonyl (C=O) groups is 2. The molecule has 0 radical (unpaired) electrons. The van der Waals surface area contributed by atoms with Crippen molar-refractivity contribution >= 4 is 58.4 Å². The van der Waals surface area contributed by atoms with Gasteiger partial charge in [-0.15, -0.1) is 0 Å². The predicted molar refractivity (Wildman–Crippen MR) is 92.5 cm³/mol. The van der Waals surface area contributed by atoms with Crippen molar-refractivity contribution in [2.75, 3.05) is 5.32 Å². The number of carboxylic acids is 1. The van der Waals surface area contributed by atoms with Crippen LogP contribution in [0.3, 0.4) is 0 Å². The highest BCUT2D eigenvalue weighted by molar-refractivity contribution is 6.42. The van der Waals surface area contributed by atoms with Crippen molar-refractivity contribution in [3.63, 3.8) is 0 Å². The smallest absolute Gasteiger partial charge is 0.335 e. The van der Waals surface area contributed by atoms with Gasteiger partial charge < -0.3 is 10.4 Å². The van der Waals surface area contributed by atoms with Crippen LogP contribution < -0.4 is 5.32 Å². The second-order valence-corrected chi connectivity index (χ2v) is 5.72. The molecule has 0 aliphatic heterocycles. The number of halogens is 3. The summed E-state index contributed by atoms with van der Waals surface area (Å²) in [6.07, 6.45) is 2.83. The Labute approximate surface area is 147 Å². The number of carbonyl (C=O) groups excluding carboxylic acids is 1. The Kier molecular flexibility index (Phi) is 5.66. The number of nitrogens with one attached hydrogen (secondary N) is 1. The van der Waals surface area contributed by atoms with Gasteiger partial charge in [-0.1, -0.05) is 40.9 Å². The van der Waals surface area contributed by atoms with E-state index >= 15 is 0 Å². The molecule has 0 bridgehead atoms. The molecule has 1 amide bonds. The number of hydrogen-bond acceptors (Lipinski definition) is 2. The molecule has 7 heteroatoms. The number of rotatable bonds is 4. The number of hydrogen-bond donors (Lipinski definition) is 2. The quantitative estimate of drug-likeness (QED) is 0.745. The average Bonchev–Trinajstić information content (AvgIpc) is 2.50. The highest BCUT2D eigenvalue weighted by Gasteiger charge is 2.09. The molecule has 118 valence electrons. The first-order valence-corrected chi connectivity index (χ1v) is 7.47. The largest absolute Gasteiger partial charge is 0.478 e. The number of benzene rings is 2. The normalized spacial score (nSPS) is 10.7. The van der Waals surface area contributed by atoms with Crippen LogP contribution in [-0.2, 0) is 4.79 Å². The standard InChI is InChI=1S/C16H10Cl3NO3/c17-11-4-1-9(7-13(11)19)2-6-15(21)20-14-8-10(16(22)23)3-5-12(14)18/h1-8H,(H,20,21)(H,22,23)/b6-2+. The Morgan fingerprint density at radius 1 is 0.957 bits per heavy atom. The predicted octanol–water partition coefficient (Wildman–Crippen LogP) is 5.00. The van der Waals surface area contributed by atoms with Crippen LogP contribution in [0.2, 0.25) is 15.1 Å². The molecule has 23 heavy (non-hydrogen) atoms. The first-order chi connectivity index (χ1) is 10.9. The molecule has 4 nitrogen and oxygen atoms in total. The fraction of sp³-hybridized carbons (Fsp3) is 0. The molecular weight excluding hydrogens is 361 g/mol. The van der Waals surface area contributed by atoms with Crippen molar-refractivity contribution < 1.29 is 14.7 Å². The Balaban J connectivity index is 2.13. The lowest BCUT2D eigenvalue weighted by Gasteiger charge is -2.06. The second-order valence-electron chi connectivity index (χ2n) is 4.50. The number of amides is 1. The fourth-order valence-electron chi connectivity index (χ4n) is 1.72. The van der Waals surface area contributed by atoms with E-state index < -0.39 is 11.9 Å². The number of anilines is 1. The summed E-state index contributed by atoms with van der Waals surface area (Å²) in [5.41, 5.74) is 0.938. The van der Waals surface area contributed by atoms with E-state index in [-0.39, 0.29) is 16.3 Å². The molecular formula is C16H10Cl3NO3. The molecule has 2 aromatic rings. The van der Waals surface area contributed by atoms with Crippen molar-refractivity contribution in [2.45, 2.75) is 0 Å². The molecule has 0 aliphatic carbocycles. The minimum atomic E-state index is -1.11. The molecule has 2 rings (SSSR count). The van der Waals surface area contributed by atoms with Crippen molar-refractivity contribution in [3.05, 3.63) is 68.7 Å². The van der Waals surface area contributed by atoms with E-state index in [0.29, 0.717) is 15.6 Å². The van der Waals surface area contributed by atoms with Gasteiger partial charge in [-0.2, -0.15) is 0 Å². The molecule has 2 N–H and O–H groups in total. The molecule has 0 aliphatic rings. The average molecular weight is 371 g/mol. The van der Waals surface area contributed by atoms with Crippen LogP contribution in [-0.4, -0.2) is 17.0 Å². The van der Waals surface area contributed by atoms with E-state index in [2.05, 4.69) is 5.32 Å². The summed E-state index contributed by atoms with van der Waals surface area (Å²) in [5.74, 6) is -1.57. The molecule has 2 aromatic carbocycles. The van der Waals surface area contributed by atoms with Gasteiger partial charge in [0, 0.05) is 6.08 Å². The molecule has 0 atom stereocenters. The summed E-state index contributed by atoms with van der Waals surface area (Å²) in [6, 6.07) is 8.99. The van der Waals surface area contributed by atoms with E-state index in [9.17, 15) is 9.59 Å². The van der Waals surface area contributed by atoms with E-state index in [1.807, 2.05) is 0 Å². The van der Waals surface area contributed by atoms with Crippen molar-refractivity contribution in [2.24, 2.45) is 0 Å².